The number of aromatic nitrogens is 1. The Balaban J connectivity index is 1.80. The number of anilines is 1. The summed E-state index contributed by atoms with van der Waals surface area (Å²) in [6, 6.07) is 11.2. The van der Waals surface area contributed by atoms with Crippen LogP contribution in [0.2, 0.25) is 5.02 Å². The first-order valence-corrected chi connectivity index (χ1v) is 10.3. The van der Waals surface area contributed by atoms with Gasteiger partial charge in [0.25, 0.3) is 0 Å². The summed E-state index contributed by atoms with van der Waals surface area (Å²) in [7, 11) is 1.63. The van der Waals surface area contributed by atoms with Gasteiger partial charge in [-0.15, -0.1) is 22.7 Å². The van der Waals surface area contributed by atoms with E-state index in [0.717, 1.165) is 10.4 Å². The molecule has 5 nitrogen and oxygen atoms in total. The lowest BCUT2D eigenvalue weighted by molar-refractivity contribution is -0.140. The SMILES string of the molecule is CN(C(=O)[C@@H](CC(=O)O)Cc1cccs1)c1nc(-c2ccccc2Cl)cs1. The standard InChI is InChI=1S/C19H17ClN2O3S2/c1-22(18(25)12(10-17(23)24)9-13-5-4-8-26-13)19-21-16(11-27-19)14-6-2-3-7-15(14)20/h2-8,11-12H,9-10H2,1H3,(H,23,24)/t12-/m1/s1. The summed E-state index contributed by atoms with van der Waals surface area (Å²) in [4.78, 5) is 31.1. The number of carbonyl (C=O) groups excluding carboxylic acids is 1. The van der Waals surface area contributed by atoms with Crippen LogP contribution in [0, 0.1) is 5.92 Å². The van der Waals surface area contributed by atoms with E-state index in [2.05, 4.69) is 4.98 Å². The zero-order chi connectivity index (χ0) is 19.4. The minimum Gasteiger partial charge on any atom is -0.481 e. The Kier molecular flexibility index (Phi) is 6.26. The predicted octanol–water partition coefficient (Wildman–Crippen LogP) is 4.82. The van der Waals surface area contributed by atoms with Gasteiger partial charge in [-0.25, -0.2) is 4.98 Å². The third-order valence-corrected chi connectivity index (χ3v) is 6.20. The van der Waals surface area contributed by atoms with Crippen LogP contribution in [0.5, 0.6) is 0 Å². The van der Waals surface area contributed by atoms with Crippen LogP contribution in [0.3, 0.4) is 0 Å². The molecule has 0 bridgehead atoms. The molecule has 3 rings (SSSR count). The lowest BCUT2D eigenvalue weighted by atomic mass is 9.99. The fraction of sp³-hybridized carbons (Fsp3) is 0.211. The first kappa shape index (κ1) is 19.5. The smallest absolute Gasteiger partial charge is 0.304 e. The van der Waals surface area contributed by atoms with Gasteiger partial charge in [0, 0.05) is 27.9 Å². The van der Waals surface area contributed by atoms with Gasteiger partial charge in [0.1, 0.15) is 0 Å². The number of benzene rings is 1. The van der Waals surface area contributed by atoms with Gasteiger partial charge in [0.2, 0.25) is 5.91 Å². The Labute approximate surface area is 169 Å². The van der Waals surface area contributed by atoms with Crippen molar-refractivity contribution in [2.24, 2.45) is 5.92 Å². The largest absolute Gasteiger partial charge is 0.481 e. The molecule has 27 heavy (non-hydrogen) atoms. The van der Waals surface area contributed by atoms with Crippen LogP contribution >= 0.6 is 34.3 Å². The number of halogens is 1. The number of hydrogen-bond donors (Lipinski definition) is 1. The lowest BCUT2D eigenvalue weighted by Crippen LogP contribution is -2.35. The van der Waals surface area contributed by atoms with E-state index >= 15 is 0 Å². The van der Waals surface area contributed by atoms with Gasteiger partial charge in [-0.1, -0.05) is 35.9 Å². The molecule has 0 aliphatic carbocycles. The Morgan fingerprint density at radius 3 is 2.67 bits per heavy atom. The molecule has 2 heterocycles. The molecule has 1 aromatic carbocycles. The van der Waals surface area contributed by atoms with Gasteiger partial charge in [0.05, 0.1) is 18.0 Å². The summed E-state index contributed by atoms with van der Waals surface area (Å²) in [6.07, 6.45) is 0.180. The van der Waals surface area contributed by atoms with Crippen molar-refractivity contribution in [3.63, 3.8) is 0 Å². The lowest BCUT2D eigenvalue weighted by Gasteiger charge is -2.20. The first-order chi connectivity index (χ1) is 13.0. The van der Waals surface area contributed by atoms with Crippen molar-refractivity contribution in [2.75, 3.05) is 11.9 Å². The van der Waals surface area contributed by atoms with Crippen LogP contribution in [0.4, 0.5) is 5.13 Å². The Morgan fingerprint density at radius 2 is 2.00 bits per heavy atom. The van der Waals surface area contributed by atoms with Crippen LogP contribution in [-0.4, -0.2) is 29.0 Å². The van der Waals surface area contributed by atoms with Gasteiger partial charge >= 0.3 is 5.97 Å². The molecule has 0 spiro atoms. The third-order valence-electron chi connectivity index (χ3n) is 4.06. The van der Waals surface area contributed by atoms with Crippen molar-refractivity contribution in [1.82, 2.24) is 4.98 Å². The highest BCUT2D eigenvalue weighted by atomic mass is 35.5. The van der Waals surface area contributed by atoms with Crippen LogP contribution in [-0.2, 0) is 16.0 Å². The number of hydrogen-bond acceptors (Lipinski definition) is 5. The van der Waals surface area contributed by atoms with Gasteiger partial charge in [-0.2, -0.15) is 0 Å². The monoisotopic (exact) mass is 420 g/mol. The van der Waals surface area contributed by atoms with Crippen LogP contribution in [0.15, 0.2) is 47.2 Å². The molecule has 1 N–H and O–H groups in total. The number of amides is 1. The Bertz CT molecular complexity index is 940. The summed E-state index contributed by atoms with van der Waals surface area (Å²) in [6.45, 7) is 0. The van der Waals surface area contributed by atoms with Crippen molar-refractivity contribution in [3.05, 3.63) is 57.1 Å². The summed E-state index contributed by atoms with van der Waals surface area (Å²) >= 11 is 9.06. The fourth-order valence-corrected chi connectivity index (χ4v) is 4.52. The number of thiazole rings is 1. The minimum atomic E-state index is -0.991. The zero-order valence-electron chi connectivity index (χ0n) is 14.5. The molecule has 1 atom stereocenters. The molecule has 8 heteroatoms. The highest BCUT2D eigenvalue weighted by molar-refractivity contribution is 7.14. The van der Waals surface area contributed by atoms with Gasteiger partial charge in [0.15, 0.2) is 5.13 Å². The fourth-order valence-electron chi connectivity index (χ4n) is 2.71. The number of thiophene rings is 1. The minimum absolute atomic E-state index is 0.218. The van der Waals surface area contributed by atoms with E-state index < -0.39 is 11.9 Å². The van der Waals surface area contributed by atoms with Crippen LogP contribution in [0.25, 0.3) is 11.3 Å². The van der Waals surface area contributed by atoms with E-state index in [0.29, 0.717) is 22.3 Å². The normalized spacial score (nSPS) is 11.9. The zero-order valence-corrected chi connectivity index (χ0v) is 16.9. The molecule has 3 aromatic rings. The molecule has 2 aromatic heterocycles. The molecule has 0 aliphatic heterocycles. The second kappa shape index (κ2) is 8.65. The third kappa shape index (κ3) is 4.74. The number of carboxylic acid groups (broad SMARTS) is 1. The molecule has 0 saturated carbocycles. The molecule has 1 amide bonds. The predicted molar refractivity (Wildman–Crippen MR) is 110 cm³/mol. The van der Waals surface area contributed by atoms with E-state index in [9.17, 15) is 14.7 Å². The number of aliphatic carboxylic acids is 1. The Hall–Kier alpha value is -2.22. The average Bonchev–Trinajstić information content (AvgIpc) is 3.32. The van der Waals surface area contributed by atoms with Crippen molar-refractivity contribution in [2.45, 2.75) is 12.8 Å². The van der Waals surface area contributed by atoms with Crippen molar-refractivity contribution in [3.8, 4) is 11.3 Å². The van der Waals surface area contributed by atoms with Gasteiger partial charge in [-0.3, -0.25) is 14.5 Å². The molecule has 0 fully saturated rings. The quantitative estimate of drug-likeness (QED) is 0.594. The number of rotatable bonds is 7. The van der Waals surface area contributed by atoms with E-state index in [-0.39, 0.29) is 12.3 Å². The topological polar surface area (TPSA) is 70.5 Å². The molecule has 0 saturated heterocycles. The average molecular weight is 421 g/mol. The van der Waals surface area contributed by atoms with E-state index in [1.165, 1.54) is 27.6 Å². The maximum absolute atomic E-state index is 12.9. The highest BCUT2D eigenvalue weighted by Crippen LogP contribution is 2.32. The van der Waals surface area contributed by atoms with Gasteiger partial charge < -0.3 is 5.11 Å². The molecule has 0 aliphatic rings. The second-order valence-electron chi connectivity index (χ2n) is 5.97. The maximum Gasteiger partial charge on any atom is 0.304 e. The van der Waals surface area contributed by atoms with E-state index in [1.54, 1.807) is 13.1 Å². The number of carboxylic acids is 1. The van der Waals surface area contributed by atoms with Crippen LogP contribution in [0.1, 0.15) is 11.3 Å². The number of nitrogens with zero attached hydrogens (tertiary/aromatic N) is 2. The second-order valence-corrected chi connectivity index (χ2v) is 8.25. The van der Waals surface area contributed by atoms with Crippen molar-refractivity contribution >= 4 is 51.3 Å². The summed E-state index contributed by atoms with van der Waals surface area (Å²) < 4.78 is 0. The molecular formula is C19H17ClN2O3S2. The van der Waals surface area contributed by atoms with Gasteiger partial charge in [-0.05, 0) is 23.9 Å². The first-order valence-electron chi connectivity index (χ1n) is 8.18. The summed E-state index contributed by atoms with van der Waals surface area (Å²) in [5, 5.41) is 14.1. The maximum atomic E-state index is 12.9. The highest BCUT2D eigenvalue weighted by Gasteiger charge is 2.27. The van der Waals surface area contributed by atoms with E-state index in [1.807, 2.05) is 41.1 Å². The van der Waals surface area contributed by atoms with Crippen molar-refractivity contribution < 1.29 is 14.7 Å². The Morgan fingerprint density at radius 1 is 1.22 bits per heavy atom. The molecular weight excluding hydrogens is 404 g/mol. The molecule has 0 radical (unpaired) electrons. The van der Waals surface area contributed by atoms with Crippen LogP contribution < -0.4 is 4.90 Å². The molecule has 140 valence electrons. The summed E-state index contributed by atoms with van der Waals surface area (Å²) in [5.74, 6) is -1.89. The van der Waals surface area contributed by atoms with E-state index in [4.69, 9.17) is 11.6 Å². The molecule has 0 unspecified atom stereocenters. The van der Waals surface area contributed by atoms with Crippen molar-refractivity contribution in [1.29, 1.82) is 0 Å². The number of carbonyl (C=O) groups is 2. The summed E-state index contributed by atoms with van der Waals surface area (Å²) in [5.41, 5.74) is 1.48.